The first-order chi connectivity index (χ1) is 14.9. The van der Waals surface area contributed by atoms with Crippen molar-refractivity contribution >= 4 is 10.9 Å². The van der Waals surface area contributed by atoms with Gasteiger partial charge in [0.2, 0.25) is 0 Å². The zero-order chi connectivity index (χ0) is 20.2. The summed E-state index contributed by atoms with van der Waals surface area (Å²) in [5.74, 6) is 0.932. The molecule has 0 bridgehead atoms. The highest BCUT2D eigenvalue weighted by molar-refractivity contribution is 7.97. The number of rotatable bonds is 5. The van der Waals surface area contributed by atoms with Gasteiger partial charge in [-0.2, -0.15) is 0 Å². The van der Waals surface area contributed by atoms with Crippen LogP contribution in [0.2, 0.25) is 0 Å². The van der Waals surface area contributed by atoms with Gasteiger partial charge in [0.25, 0.3) is 0 Å². The van der Waals surface area contributed by atoms with Crippen molar-refractivity contribution in [2.75, 3.05) is 6.54 Å². The van der Waals surface area contributed by atoms with Crippen molar-refractivity contribution in [2.45, 2.75) is 65.8 Å². The van der Waals surface area contributed by atoms with E-state index in [4.69, 9.17) is 0 Å². The van der Waals surface area contributed by atoms with Crippen LogP contribution in [0.1, 0.15) is 44.1 Å². The lowest BCUT2D eigenvalue weighted by Gasteiger charge is -2.44. The Morgan fingerprint density at radius 1 is 0.667 bits per heavy atom. The molecule has 2 fully saturated rings. The van der Waals surface area contributed by atoms with E-state index in [-0.39, 0.29) is 10.9 Å². The lowest BCUT2D eigenvalue weighted by Crippen LogP contribution is -2.46. The molecule has 1 saturated heterocycles. The second-order valence-corrected chi connectivity index (χ2v) is 10.8. The average molecular weight is 415 g/mol. The third-order valence-electron chi connectivity index (χ3n) is 6.88. The predicted molar refractivity (Wildman–Crippen MR) is 127 cm³/mol. The van der Waals surface area contributed by atoms with Crippen LogP contribution in [0.5, 0.6) is 0 Å². The zero-order valence-electron chi connectivity index (χ0n) is 17.7. The molecular weight excluding hydrogens is 382 g/mol. The van der Waals surface area contributed by atoms with Crippen molar-refractivity contribution in [3.63, 3.8) is 0 Å². The van der Waals surface area contributed by atoms with Crippen LogP contribution in [0.3, 0.4) is 0 Å². The Bertz CT molecular complexity index is 898. The highest BCUT2D eigenvalue weighted by Gasteiger charge is 2.35. The minimum Gasteiger partial charge on any atom is -0.296 e. The van der Waals surface area contributed by atoms with E-state index in [2.05, 4.69) is 89.8 Å². The van der Waals surface area contributed by atoms with Crippen molar-refractivity contribution in [3.05, 3.63) is 90.5 Å². The summed E-state index contributed by atoms with van der Waals surface area (Å²) in [7, 11) is -0.0669. The predicted octanol–water partition coefficient (Wildman–Crippen LogP) is 6.94. The molecule has 1 nitrogen and oxygen atoms in total. The number of fused-ring (bicyclic) bond motifs is 1. The van der Waals surface area contributed by atoms with E-state index in [1.807, 2.05) is 0 Å². The summed E-state index contributed by atoms with van der Waals surface area (Å²) in [6, 6.07) is 32.2. The Hall–Kier alpha value is -2.03. The van der Waals surface area contributed by atoms with Gasteiger partial charge in [0.05, 0.1) is 10.9 Å². The molecule has 2 aliphatic rings. The number of benzene rings is 3. The highest BCUT2D eigenvalue weighted by Crippen LogP contribution is 2.38. The van der Waals surface area contributed by atoms with E-state index in [9.17, 15) is 0 Å². The Kier molecular flexibility index (Phi) is 6.24. The molecule has 0 aromatic heterocycles. The van der Waals surface area contributed by atoms with Crippen LogP contribution in [-0.4, -0.2) is 17.5 Å². The molecule has 30 heavy (non-hydrogen) atoms. The van der Waals surface area contributed by atoms with E-state index in [1.54, 1.807) is 0 Å². The van der Waals surface area contributed by atoms with Crippen LogP contribution in [0, 0.1) is 5.92 Å². The molecule has 1 aliphatic carbocycles. The van der Waals surface area contributed by atoms with Crippen LogP contribution in [0.4, 0.5) is 0 Å². The molecule has 2 heteroatoms. The van der Waals surface area contributed by atoms with Gasteiger partial charge in [-0.1, -0.05) is 67.4 Å². The number of nitrogens with zero attached hydrogens (tertiary/aromatic N) is 1. The quantitative estimate of drug-likeness (QED) is 0.409. The molecule has 1 heterocycles. The number of likely N-dealkylation sites (tertiary alicyclic amines) is 1. The van der Waals surface area contributed by atoms with Crippen molar-refractivity contribution in [1.82, 2.24) is 4.90 Å². The van der Waals surface area contributed by atoms with Crippen LogP contribution < -0.4 is 0 Å². The summed E-state index contributed by atoms with van der Waals surface area (Å²) in [4.78, 5) is 7.13. The Morgan fingerprint density at radius 2 is 1.27 bits per heavy atom. The van der Waals surface area contributed by atoms with E-state index in [0.717, 1.165) is 18.5 Å². The van der Waals surface area contributed by atoms with Gasteiger partial charge in [0.1, 0.15) is 0 Å². The maximum atomic E-state index is 2.82. The minimum atomic E-state index is -0.0669. The van der Waals surface area contributed by atoms with E-state index in [0.29, 0.717) is 0 Å². The number of hydrogen-bond donors (Lipinski definition) is 0. The first-order valence-electron chi connectivity index (χ1n) is 11.6. The van der Waals surface area contributed by atoms with Crippen molar-refractivity contribution in [3.8, 4) is 0 Å². The summed E-state index contributed by atoms with van der Waals surface area (Å²) in [6.45, 7) is 2.36. The Labute approximate surface area is 184 Å². The third-order valence-corrected chi connectivity index (χ3v) is 9.21. The lowest BCUT2D eigenvalue weighted by molar-refractivity contribution is 0.0541. The maximum absolute atomic E-state index is 2.82. The van der Waals surface area contributed by atoms with Crippen molar-refractivity contribution in [2.24, 2.45) is 5.92 Å². The van der Waals surface area contributed by atoms with Crippen LogP contribution in [0.25, 0.3) is 0 Å². The largest absolute Gasteiger partial charge is 0.296 e. The molecule has 1 saturated carbocycles. The van der Waals surface area contributed by atoms with Gasteiger partial charge >= 0.3 is 0 Å². The van der Waals surface area contributed by atoms with E-state index >= 15 is 0 Å². The van der Waals surface area contributed by atoms with E-state index in [1.165, 1.54) is 65.3 Å². The fraction of sp³-hybridized carbons (Fsp3) is 0.357. The molecule has 2 unspecified atom stereocenters. The Morgan fingerprint density at radius 3 is 2.00 bits per heavy atom. The molecule has 0 amide bonds. The van der Waals surface area contributed by atoms with Gasteiger partial charge in [0, 0.05) is 18.2 Å². The molecule has 154 valence electrons. The third kappa shape index (κ3) is 4.22. The summed E-state index contributed by atoms with van der Waals surface area (Å²) in [5.41, 5.74) is 1.51. The summed E-state index contributed by atoms with van der Waals surface area (Å²) >= 11 is 0. The van der Waals surface area contributed by atoms with Gasteiger partial charge in [-0.05, 0) is 68.5 Å². The number of hydrogen-bond acceptors (Lipinski definition) is 1. The molecule has 0 N–H and O–H groups in total. The fourth-order valence-electron chi connectivity index (χ4n) is 5.48. The first-order valence-corrected chi connectivity index (χ1v) is 12.8. The Balaban J connectivity index is 1.51. The van der Waals surface area contributed by atoms with Crippen LogP contribution in [-0.2, 0) is 17.4 Å². The molecule has 2 atom stereocenters. The molecule has 0 spiro atoms. The van der Waals surface area contributed by atoms with Gasteiger partial charge in [-0.25, -0.2) is 0 Å². The molecular formula is C28H32NS+. The normalized spacial score (nSPS) is 22.0. The average Bonchev–Trinajstić information content (AvgIpc) is 2.82. The zero-order valence-corrected chi connectivity index (χ0v) is 18.6. The molecule has 3 aromatic carbocycles. The minimum absolute atomic E-state index is 0.0669. The fourth-order valence-corrected chi connectivity index (χ4v) is 7.73. The summed E-state index contributed by atoms with van der Waals surface area (Å²) in [5, 5.41) is 0. The van der Waals surface area contributed by atoms with Crippen molar-refractivity contribution in [1.29, 1.82) is 0 Å². The van der Waals surface area contributed by atoms with Crippen LogP contribution >= 0.6 is 0 Å². The second kappa shape index (κ2) is 9.41. The topological polar surface area (TPSA) is 3.24 Å². The smallest absolute Gasteiger partial charge is 0.171 e. The van der Waals surface area contributed by atoms with E-state index < -0.39 is 0 Å². The van der Waals surface area contributed by atoms with Gasteiger partial charge in [-0.15, -0.1) is 0 Å². The summed E-state index contributed by atoms with van der Waals surface area (Å²) in [6.07, 6.45) is 8.51. The van der Waals surface area contributed by atoms with Gasteiger partial charge < -0.3 is 0 Å². The van der Waals surface area contributed by atoms with Crippen LogP contribution in [0.15, 0.2) is 99.6 Å². The molecule has 3 aromatic rings. The standard InChI is InChI=1S/C28H32NS/c1-3-15-25(16-4-1)30(26-17-5-2-6-18-26)28-20-10-8-13-24(28)22-29-21-11-14-23-12-7-9-19-27(23)29/h1-6,8,10,13,15-18,20,23,27H,7,9,11-12,14,19,21-22H2/q+1. The molecule has 5 rings (SSSR count). The monoisotopic (exact) mass is 414 g/mol. The van der Waals surface area contributed by atoms with Gasteiger partial charge in [0.15, 0.2) is 14.7 Å². The number of piperidine rings is 1. The maximum Gasteiger partial charge on any atom is 0.171 e. The molecule has 1 aliphatic heterocycles. The summed E-state index contributed by atoms with van der Waals surface area (Å²) < 4.78 is 0. The van der Waals surface area contributed by atoms with Crippen molar-refractivity contribution < 1.29 is 0 Å². The lowest BCUT2D eigenvalue weighted by atomic mass is 9.78. The SMILES string of the molecule is c1ccc([S+](c2ccccc2)c2ccccc2CN2CCCC3CCCCC32)cc1. The second-order valence-electron chi connectivity index (χ2n) is 8.76. The first kappa shape index (κ1) is 19.9. The van der Waals surface area contributed by atoms with Gasteiger partial charge in [-0.3, -0.25) is 4.90 Å². The molecule has 0 radical (unpaired) electrons. The highest BCUT2D eigenvalue weighted by atomic mass is 32.2.